The molecule has 2 aliphatic rings. The van der Waals surface area contributed by atoms with Gasteiger partial charge in [-0.1, -0.05) is 6.07 Å². The fourth-order valence-electron chi connectivity index (χ4n) is 3.52. The predicted octanol–water partition coefficient (Wildman–Crippen LogP) is 1.95. The van der Waals surface area contributed by atoms with Crippen LogP contribution in [0.5, 0.6) is 0 Å². The monoisotopic (exact) mass is 376 g/mol. The van der Waals surface area contributed by atoms with E-state index in [2.05, 4.69) is 10.6 Å². The maximum Gasteiger partial charge on any atom is 0.319 e. The van der Waals surface area contributed by atoms with Gasteiger partial charge in [0.05, 0.1) is 6.54 Å². The quantitative estimate of drug-likeness (QED) is 0.843. The van der Waals surface area contributed by atoms with Crippen molar-refractivity contribution in [3.8, 4) is 0 Å². The SMILES string of the molecule is O=C(Nc1cccc(F)c1)NC1CCCCN(CC(=O)N2CCCC2)C1=O. The molecule has 7 nitrogen and oxygen atoms in total. The molecule has 0 aromatic heterocycles. The number of amides is 4. The van der Waals surface area contributed by atoms with Gasteiger partial charge in [0.15, 0.2) is 0 Å². The van der Waals surface area contributed by atoms with Gasteiger partial charge in [0.2, 0.25) is 11.8 Å². The predicted molar refractivity (Wildman–Crippen MR) is 98.6 cm³/mol. The van der Waals surface area contributed by atoms with Crippen LogP contribution in [-0.2, 0) is 9.59 Å². The summed E-state index contributed by atoms with van der Waals surface area (Å²) < 4.78 is 13.2. The molecule has 0 spiro atoms. The van der Waals surface area contributed by atoms with Crippen molar-refractivity contribution in [2.45, 2.75) is 38.1 Å². The van der Waals surface area contributed by atoms with Crippen molar-refractivity contribution in [3.05, 3.63) is 30.1 Å². The number of carbonyl (C=O) groups is 3. The van der Waals surface area contributed by atoms with Crippen LogP contribution in [0.25, 0.3) is 0 Å². The Labute approximate surface area is 157 Å². The number of hydrogen-bond acceptors (Lipinski definition) is 3. The highest BCUT2D eigenvalue weighted by molar-refractivity contribution is 5.94. The molecule has 3 rings (SSSR count). The van der Waals surface area contributed by atoms with Crippen molar-refractivity contribution in [1.29, 1.82) is 0 Å². The lowest BCUT2D eigenvalue weighted by Crippen LogP contribution is -2.51. The van der Waals surface area contributed by atoms with Gasteiger partial charge in [-0.3, -0.25) is 9.59 Å². The fourth-order valence-corrected chi connectivity index (χ4v) is 3.52. The van der Waals surface area contributed by atoms with Crippen molar-refractivity contribution >= 4 is 23.5 Å². The molecular weight excluding hydrogens is 351 g/mol. The summed E-state index contributed by atoms with van der Waals surface area (Å²) in [6.07, 6.45) is 4.10. The zero-order valence-corrected chi connectivity index (χ0v) is 15.2. The second kappa shape index (κ2) is 8.83. The molecule has 8 heteroatoms. The Kier molecular flexibility index (Phi) is 6.26. The van der Waals surface area contributed by atoms with Crippen molar-refractivity contribution < 1.29 is 18.8 Å². The highest BCUT2D eigenvalue weighted by Crippen LogP contribution is 2.15. The smallest absolute Gasteiger partial charge is 0.319 e. The number of nitrogens with zero attached hydrogens (tertiary/aromatic N) is 2. The Morgan fingerprint density at radius 3 is 2.59 bits per heavy atom. The van der Waals surface area contributed by atoms with Crippen molar-refractivity contribution in [1.82, 2.24) is 15.1 Å². The number of nitrogens with one attached hydrogen (secondary N) is 2. The van der Waals surface area contributed by atoms with Gasteiger partial charge in [0.25, 0.3) is 0 Å². The van der Waals surface area contributed by atoms with E-state index in [9.17, 15) is 18.8 Å². The molecule has 0 bridgehead atoms. The molecular formula is C19H25FN4O3. The van der Waals surface area contributed by atoms with E-state index in [0.29, 0.717) is 18.7 Å². The minimum atomic E-state index is -0.688. The Balaban J connectivity index is 1.57. The second-order valence-corrected chi connectivity index (χ2v) is 7.00. The van der Waals surface area contributed by atoms with Gasteiger partial charge in [-0.25, -0.2) is 9.18 Å². The molecule has 1 aromatic rings. The molecule has 4 amide bonds. The van der Waals surface area contributed by atoms with Crippen molar-refractivity contribution in [2.75, 3.05) is 31.5 Å². The zero-order chi connectivity index (χ0) is 19.2. The second-order valence-electron chi connectivity index (χ2n) is 7.00. The highest BCUT2D eigenvalue weighted by atomic mass is 19.1. The average Bonchev–Trinajstić information content (AvgIpc) is 3.12. The van der Waals surface area contributed by atoms with Crippen molar-refractivity contribution in [3.63, 3.8) is 0 Å². The number of rotatable bonds is 4. The van der Waals surface area contributed by atoms with Gasteiger partial charge in [0.1, 0.15) is 11.9 Å². The van der Waals surface area contributed by atoms with E-state index >= 15 is 0 Å². The Bertz CT molecular complexity index is 706. The van der Waals surface area contributed by atoms with Crippen LogP contribution in [-0.4, -0.2) is 59.9 Å². The first kappa shape index (κ1) is 19.1. The van der Waals surface area contributed by atoms with E-state index in [4.69, 9.17) is 0 Å². The van der Waals surface area contributed by atoms with Gasteiger partial charge >= 0.3 is 6.03 Å². The number of urea groups is 1. The number of likely N-dealkylation sites (tertiary alicyclic amines) is 2. The number of hydrogen-bond donors (Lipinski definition) is 2. The molecule has 2 fully saturated rings. The Hall–Kier alpha value is -2.64. The van der Waals surface area contributed by atoms with E-state index in [-0.39, 0.29) is 18.4 Å². The van der Waals surface area contributed by atoms with E-state index in [0.717, 1.165) is 38.8 Å². The standard InChI is InChI=1S/C19H25FN4O3/c20-14-6-5-7-15(12-14)21-19(27)22-16-8-1-2-11-24(18(16)26)13-17(25)23-9-3-4-10-23/h5-7,12,16H,1-4,8-11,13H2,(H2,21,22,27). The molecule has 2 N–H and O–H groups in total. The zero-order valence-electron chi connectivity index (χ0n) is 15.2. The number of halogens is 1. The van der Waals surface area contributed by atoms with Crippen LogP contribution in [0.2, 0.25) is 0 Å². The summed E-state index contributed by atoms with van der Waals surface area (Å²) in [5.74, 6) is -0.731. The summed E-state index contributed by atoms with van der Waals surface area (Å²) in [6, 6.07) is 4.30. The number of carbonyl (C=O) groups excluding carboxylic acids is 3. The van der Waals surface area contributed by atoms with E-state index < -0.39 is 17.9 Å². The summed E-state index contributed by atoms with van der Waals surface area (Å²) in [4.78, 5) is 40.7. The van der Waals surface area contributed by atoms with Crippen LogP contribution in [0, 0.1) is 5.82 Å². The minimum absolute atomic E-state index is 0.0364. The highest BCUT2D eigenvalue weighted by Gasteiger charge is 2.31. The van der Waals surface area contributed by atoms with Crippen LogP contribution < -0.4 is 10.6 Å². The number of anilines is 1. The molecule has 2 saturated heterocycles. The Morgan fingerprint density at radius 2 is 1.85 bits per heavy atom. The van der Waals surface area contributed by atoms with Gasteiger partial charge in [-0.05, 0) is 50.3 Å². The molecule has 0 aliphatic carbocycles. The summed E-state index contributed by atoms with van der Waals surface area (Å²) in [6.45, 7) is 2.07. The largest absolute Gasteiger partial charge is 0.341 e. The molecule has 2 aliphatic heterocycles. The van der Waals surface area contributed by atoms with E-state index in [1.165, 1.54) is 18.2 Å². The summed E-state index contributed by atoms with van der Waals surface area (Å²) in [5, 5.41) is 5.20. The minimum Gasteiger partial charge on any atom is -0.341 e. The van der Waals surface area contributed by atoms with Crippen LogP contribution in [0.3, 0.4) is 0 Å². The van der Waals surface area contributed by atoms with Crippen LogP contribution in [0.15, 0.2) is 24.3 Å². The topological polar surface area (TPSA) is 81.8 Å². The van der Waals surface area contributed by atoms with Crippen molar-refractivity contribution in [2.24, 2.45) is 0 Å². The molecule has 0 radical (unpaired) electrons. The van der Waals surface area contributed by atoms with Gasteiger partial charge in [-0.2, -0.15) is 0 Å². The normalized spacial score (nSPS) is 20.3. The summed E-state index contributed by atoms with van der Waals surface area (Å²) >= 11 is 0. The third kappa shape index (κ3) is 5.18. The fraction of sp³-hybridized carbons (Fsp3) is 0.526. The first-order chi connectivity index (χ1) is 13.0. The molecule has 1 unspecified atom stereocenters. The summed E-state index contributed by atoms with van der Waals surface area (Å²) in [5.41, 5.74) is 0.314. The van der Waals surface area contributed by atoms with E-state index in [1.54, 1.807) is 15.9 Å². The molecule has 0 saturated carbocycles. The Morgan fingerprint density at radius 1 is 1.11 bits per heavy atom. The first-order valence-corrected chi connectivity index (χ1v) is 9.42. The van der Waals surface area contributed by atoms with E-state index in [1.807, 2.05) is 0 Å². The van der Waals surface area contributed by atoms with Gasteiger partial charge in [0, 0.05) is 25.3 Å². The molecule has 2 heterocycles. The lowest BCUT2D eigenvalue weighted by molar-refractivity contribution is -0.140. The number of benzene rings is 1. The summed E-state index contributed by atoms with van der Waals surface area (Å²) in [7, 11) is 0. The van der Waals surface area contributed by atoms with Crippen LogP contribution in [0.1, 0.15) is 32.1 Å². The maximum atomic E-state index is 13.2. The average molecular weight is 376 g/mol. The van der Waals surface area contributed by atoms with Crippen LogP contribution in [0.4, 0.5) is 14.9 Å². The molecule has 146 valence electrons. The third-order valence-corrected chi connectivity index (χ3v) is 4.95. The van der Waals surface area contributed by atoms with Gasteiger partial charge in [-0.15, -0.1) is 0 Å². The van der Waals surface area contributed by atoms with Gasteiger partial charge < -0.3 is 20.4 Å². The molecule has 1 atom stereocenters. The first-order valence-electron chi connectivity index (χ1n) is 9.42. The van der Waals surface area contributed by atoms with Crippen LogP contribution >= 0.6 is 0 Å². The lowest BCUT2D eigenvalue weighted by Gasteiger charge is -2.26. The molecule has 27 heavy (non-hydrogen) atoms. The molecule has 1 aromatic carbocycles. The lowest BCUT2D eigenvalue weighted by atomic mass is 10.1. The third-order valence-electron chi connectivity index (χ3n) is 4.95. The maximum absolute atomic E-state index is 13.2.